The summed E-state index contributed by atoms with van der Waals surface area (Å²) in [6.07, 6.45) is 3.31. The van der Waals surface area contributed by atoms with Gasteiger partial charge in [0.2, 0.25) is 11.7 Å². The number of hydrogen-bond donors (Lipinski definition) is 2. The second-order valence-electron chi connectivity index (χ2n) is 8.13. The Morgan fingerprint density at radius 3 is 2.82 bits per heavy atom. The minimum Gasteiger partial charge on any atom is -0.486 e. The molecular formula is C21H22ClF2N7O2. The van der Waals surface area contributed by atoms with E-state index in [0.29, 0.717) is 47.3 Å². The highest BCUT2D eigenvalue weighted by atomic mass is 35.5. The summed E-state index contributed by atoms with van der Waals surface area (Å²) in [5.41, 5.74) is 1.44. The van der Waals surface area contributed by atoms with Crippen molar-refractivity contribution in [3.63, 3.8) is 0 Å². The summed E-state index contributed by atoms with van der Waals surface area (Å²) in [6.45, 7) is 1.45. The Kier molecular flexibility index (Phi) is 5.43. The fourth-order valence-corrected chi connectivity index (χ4v) is 4.13. The largest absolute Gasteiger partial charge is 0.486 e. The molecule has 174 valence electrons. The molecule has 0 saturated carbocycles. The first-order valence-electron chi connectivity index (χ1n) is 10.6. The average molecular weight is 478 g/mol. The third kappa shape index (κ3) is 4.12. The Morgan fingerprint density at radius 1 is 1.24 bits per heavy atom. The number of ether oxygens (including phenoxy) is 1. The summed E-state index contributed by atoms with van der Waals surface area (Å²) in [6, 6.07) is 1.84. The van der Waals surface area contributed by atoms with Crippen LogP contribution in [0.4, 0.5) is 31.9 Å². The molecule has 2 aliphatic rings. The summed E-state index contributed by atoms with van der Waals surface area (Å²) >= 11 is 6.31. The molecule has 0 atom stereocenters. The van der Waals surface area contributed by atoms with Crippen LogP contribution in [0.2, 0.25) is 5.02 Å². The van der Waals surface area contributed by atoms with E-state index in [0.717, 1.165) is 6.42 Å². The Hall–Kier alpha value is -3.21. The van der Waals surface area contributed by atoms with E-state index < -0.39 is 5.92 Å². The topological polar surface area (TPSA) is 97.2 Å². The number of anilines is 4. The fraction of sp³-hybridized carbons (Fsp3) is 0.429. The first-order valence-corrected chi connectivity index (χ1v) is 11.0. The minimum atomic E-state index is -2.66. The number of fused-ring (bicyclic) bond motifs is 3. The first-order chi connectivity index (χ1) is 15.8. The highest BCUT2D eigenvalue weighted by Crippen LogP contribution is 2.34. The molecule has 1 fully saturated rings. The van der Waals surface area contributed by atoms with Crippen molar-refractivity contribution < 1.29 is 13.5 Å². The number of alkyl halides is 2. The Bertz CT molecular complexity index is 1270. The van der Waals surface area contributed by atoms with Crippen LogP contribution in [0.25, 0.3) is 11.0 Å². The quantitative estimate of drug-likeness (QED) is 0.591. The van der Waals surface area contributed by atoms with Gasteiger partial charge in [-0.1, -0.05) is 11.6 Å². The van der Waals surface area contributed by atoms with Gasteiger partial charge in [-0.25, -0.2) is 18.7 Å². The molecule has 0 bridgehead atoms. The van der Waals surface area contributed by atoms with E-state index in [1.165, 1.54) is 10.8 Å². The lowest BCUT2D eigenvalue weighted by atomic mass is 10.1. The van der Waals surface area contributed by atoms with Crippen LogP contribution in [0.15, 0.2) is 23.3 Å². The molecule has 5 heterocycles. The number of halogens is 3. The van der Waals surface area contributed by atoms with Gasteiger partial charge in [-0.3, -0.25) is 9.36 Å². The summed E-state index contributed by atoms with van der Waals surface area (Å²) in [5.74, 6) is -1.72. The van der Waals surface area contributed by atoms with E-state index in [4.69, 9.17) is 16.3 Å². The highest BCUT2D eigenvalue weighted by molar-refractivity contribution is 6.32. The lowest BCUT2D eigenvalue weighted by Crippen LogP contribution is -2.40. The number of aromatic nitrogens is 4. The first kappa shape index (κ1) is 21.6. The molecule has 0 spiro atoms. The van der Waals surface area contributed by atoms with E-state index in [1.54, 1.807) is 18.1 Å². The number of hydrogen-bond acceptors (Lipinski definition) is 8. The zero-order valence-corrected chi connectivity index (χ0v) is 18.6. The normalized spacial score (nSPS) is 17.6. The van der Waals surface area contributed by atoms with Crippen LogP contribution >= 0.6 is 11.6 Å². The van der Waals surface area contributed by atoms with Gasteiger partial charge >= 0.3 is 0 Å². The summed E-state index contributed by atoms with van der Waals surface area (Å²) < 4.78 is 34.2. The van der Waals surface area contributed by atoms with E-state index in [1.807, 2.05) is 6.07 Å². The van der Waals surface area contributed by atoms with Crippen molar-refractivity contribution in [3.05, 3.63) is 33.8 Å². The van der Waals surface area contributed by atoms with Gasteiger partial charge in [0.15, 0.2) is 5.82 Å². The standard InChI is InChI=1S/C21H22ClF2N7O2/c1-30-18-13(15-16(19(30)32)33-8-2-5-25-15)9-12(10-26-18)28-17-14(22)11-27-20(29-17)31-6-3-21(23,24)4-7-31/h9-11,25H,2-8H2,1H3,(H,27,28,29). The van der Waals surface area contributed by atoms with Crippen LogP contribution in [0, 0.1) is 0 Å². The molecule has 0 aromatic carbocycles. The molecule has 12 heteroatoms. The van der Waals surface area contributed by atoms with Gasteiger partial charge in [-0.15, -0.1) is 0 Å². The summed E-state index contributed by atoms with van der Waals surface area (Å²) in [5, 5.41) is 7.40. The fourth-order valence-electron chi connectivity index (χ4n) is 3.99. The third-order valence-corrected chi connectivity index (χ3v) is 6.10. The summed E-state index contributed by atoms with van der Waals surface area (Å²) in [7, 11) is 1.65. The van der Waals surface area contributed by atoms with Crippen molar-refractivity contribution in [2.45, 2.75) is 25.2 Å². The molecule has 0 amide bonds. The number of pyridine rings is 2. The molecular weight excluding hydrogens is 456 g/mol. The van der Waals surface area contributed by atoms with E-state index >= 15 is 0 Å². The van der Waals surface area contributed by atoms with Gasteiger partial charge in [0, 0.05) is 44.9 Å². The number of piperidine rings is 1. The number of nitrogens with one attached hydrogen (secondary N) is 2. The van der Waals surface area contributed by atoms with Crippen LogP contribution in [0.3, 0.4) is 0 Å². The second kappa shape index (κ2) is 8.29. The lowest BCUT2D eigenvalue weighted by Gasteiger charge is -2.31. The molecule has 0 radical (unpaired) electrons. The Labute approximate surface area is 192 Å². The van der Waals surface area contributed by atoms with Gasteiger partial charge in [-0.2, -0.15) is 4.98 Å². The van der Waals surface area contributed by atoms with Crippen molar-refractivity contribution in [3.8, 4) is 5.75 Å². The zero-order chi connectivity index (χ0) is 23.2. The van der Waals surface area contributed by atoms with Crippen LogP contribution in [-0.2, 0) is 7.05 Å². The molecule has 0 unspecified atom stereocenters. The van der Waals surface area contributed by atoms with E-state index in [2.05, 4.69) is 25.6 Å². The number of aryl methyl sites for hydroxylation is 1. The highest BCUT2D eigenvalue weighted by Gasteiger charge is 2.35. The van der Waals surface area contributed by atoms with Gasteiger partial charge in [0.05, 0.1) is 30.4 Å². The zero-order valence-electron chi connectivity index (χ0n) is 17.9. The molecule has 1 saturated heterocycles. The van der Waals surface area contributed by atoms with E-state index in [9.17, 15) is 13.6 Å². The van der Waals surface area contributed by atoms with Gasteiger partial charge in [0.25, 0.3) is 11.5 Å². The van der Waals surface area contributed by atoms with Crippen molar-refractivity contribution >= 4 is 45.8 Å². The number of nitrogens with zero attached hydrogens (tertiary/aromatic N) is 5. The SMILES string of the molecule is Cn1c(=O)c2c(c3cc(Nc4nc(N5CCC(F)(F)CC5)ncc4Cl)cnc31)NCCCO2. The van der Waals surface area contributed by atoms with Crippen molar-refractivity contribution in [1.29, 1.82) is 0 Å². The van der Waals surface area contributed by atoms with Crippen LogP contribution in [0.1, 0.15) is 19.3 Å². The van der Waals surface area contributed by atoms with Crippen LogP contribution in [-0.4, -0.2) is 51.7 Å². The van der Waals surface area contributed by atoms with Gasteiger partial charge in [0.1, 0.15) is 10.7 Å². The smallest absolute Gasteiger partial charge is 0.296 e. The minimum absolute atomic E-state index is 0.164. The maximum atomic E-state index is 13.5. The monoisotopic (exact) mass is 477 g/mol. The molecule has 33 heavy (non-hydrogen) atoms. The maximum Gasteiger partial charge on any atom is 0.296 e. The predicted molar refractivity (Wildman–Crippen MR) is 122 cm³/mol. The molecule has 0 aliphatic carbocycles. The van der Waals surface area contributed by atoms with Crippen molar-refractivity contribution in [2.24, 2.45) is 7.05 Å². The van der Waals surface area contributed by atoms with Crippen LogP contribution < -0.4 is 25.8 Å². The molecule has 9 nitrogen and oxygen atoms in total. The van der Waals surface area contributed by atoms with Crippen molar-refractivity contribution in [1.82, 2.24) is 19.5 Å². The molecule has 5 rings (SSSR count). The molecule has 3 aromatic rings. The predicted octanol–water partition coefficient (Wildman–Crippen LogP) is 3.55. The number of rotatable bonds is 3. The molecule has 3 aromatic heterocycles. The van der Waals surface area contributed by atoms with E-state index in [-0.39, 0.29) is 42.3 Å². The Balaban J connectivity index is 1.49. The lowest BCUT2D eigenvalue weighted by molar-refractivity contribution is -0.0222. The average Bonchev–Trinajstić information content (AvgIpc) is 3.05. The maximum absolute atomic E-state index is 13.5. The van der Waals surface area contributed by atoms with Gasteiger partial charge in [-0.05, 0) is 12.5 Å². The van der Waals surface area contributed by atoms with Crippen LogP contribution in [0.5, 0.6) is 5.75 Å². The van der Waals surface area contributed by atoms with Crippen molar-refractivity contribution in [2.75, 3.05) is 41.8 Å². The Morgan fingerprint density at radius 2 is 2.03 bits per heavy atom. The third-order valence-electron chi connectivity index (χ3n) is 5.82. The summed E-state index contributed by atoms with van der Waals surface area (Å²) in [4.78, 5) is 27.5. The second-order valence-corrected chi connectivity index (χ2v) is 8.53. The molecule has 2 aliphatic heterocycles. The molecule has 2 N–H and O–H groups in total. The van der Waals surface area contributed by atoms with Gasteiger partial charge < -0.3 is 20.3 Å².